The number of rotatable bonds is 42. The Labute approximate surface area is 371 Å². The molecule has 12 nitrogen and oxygen atoms in total. The molecular weight excluding hydrogens is 801 g/mol. The van der Waals surface area contributed by atoms with Gasteiger partial charge >= 0.3 is 16.4 Å². The van der Waals surface area contributed by atoms with Crippen molar-refractivity contribution in [1.29, 1.82) is 0 Å². The van der Waals surface area contributed by atoms with E-state index >= 15 is 0 Å². The standard InChI is InChI=1S/C48H88O12S/c1-3-5-7-9-11-13-15-17-19-21-22-24-26-28-30-32-34-36-38-56-40-42(41-57-48-46(52)47(60-61(53,54)55)45(51)43(39-49)59-48)58-44(50)37-35-33-31-29-27-25-23-20-18-16-14-12-10-8-6-4-2/h5,7,11,13,17,19,42-43,45-49,51-52H,3-4,6,8-10,12,14-16,18,20-41H2,1-2H3,(H,53,54,55)/b7-5-,13-11-,19-17-. The minimum Gasteiger partial charge on any atom is -0.457 e. The van der Waals surface area contributed by atoms with Crippen molar-refractivity contribution in [3.05, 3.63) is 36.5 Å². The van der Waals surface area contributed by atoms with E-state index in [4.69, 9.17) is 18.9 Å². The predicted molar refractivity (Wildman–Crippen MR) is 243 cm³/mol. The van der Waals surface area contributed by atoms with Crippen molar-refractivity contribution >= 4 is 16.4 Å². The number of esters is 1. The number of unbranched alkanes of at least 4 members (excludes halogenated alkanes) is 23. The molecular formula is C48H88O12S. The van der Waals surface area contributed by atoms with E-state index < -0.39 is 59.8 Å². The number of ether oxygens (including phenoxy) is 4. The van der Waals surface area contributed by atoms with Gasteiger partial charge in [-0.3, -0.25) is 9.35 Å². The Kier molecular flexibility index (Phi) is 37.5. The lowest BCUT2D eigenvalue weighted by Gasteiger charge is -2.41. The van der Waals surface area contributed by atoms with E-state index in [1.54, 1.807) is 0 Å². The van der Waals surface area contributed by atoms with E-state index in [1.807, 2.05) is 0 Å². The average Bonchev–Trinajstić information content (AvgIpc) is 3.23. The van der Waals surface area contributed by atoms with E-state index in [0.29, 0.717) is 13.0 Å². The van der Waals surface area contributed by atoms with Crippen molar-refractivity contribution in [3.8, 4) is 0 Å². The second-order valence-electron chi connectivity index (χ2n) is 16.7. The minimum atomic E-state index is -5.06. The summed E-state index contributed by atoms with van der Waals surface area (Å²) in [6.07, 6.45) is 37.4. The molecule has 0 aromatic heterocycles. The van der Waals surface area contributed by atoms with Gasteiger partial charge in [-0.15, -0.1) is 0 Å². The molecule has 1 aliphatic rings. The predicted octanol–water partition coefficient (Wildman–Crippen LogP) is 10.6. The Morgan fingerprint density at radius 1 is 0.639 bits per heavy atom. The molecule has 6 atom stereocenters. The summed E-state index contributed by atoms with van der Waals surface area (Å²) >= 11 is 0. The lowest BCUT2D eigenvalue weighted by atomic mass is 9.99. The van der Waals surface area contributed by atoms with Gasteiger partial charge in [0, 0.05) is 13.0 Å². The molecule has 1 aliphatic heterocycles. The van der Waals surface area contributed by atoms with Gasteiger partial charge in [-0.05, 0) is 44.9 Å². The van der Waals surface area contributed by atoms with Crippen LogP contribution in [0.4, 0.5) is 0 Å². The first-order valence-corrected chi connectivity index (χ1v) is 25.6. The molecule has 358 valence electrons. The molecule has 0 amide bonds. The van der Waals surface area contributed by atoms with Crippen LogP contribution in [0.3, 0.4) is 0 Å². The lowest BCUT2D eigenvalue weighted by Crippen LogP contribution is -2.60. The van der Waals surface area contributed by atoms with E-state index in [2.05, 4.69) is 54.5 Å². The Bertz CT molecular complexity index is 1210. The Balaban J connectivity index is 2.39. The van der Waals surface area contributed by atoms with Gasteiger partial charge in [0.2, 0.25) is 0 Å². The summed E-state index contributed by atoms with van der Waals surface area (Å²) in [5, 5.41) is 30.7. The van der Waals surface area contributed by atoms with E-state index in [1.165, 1.54) is 109 Å². The maximum Gasteiger partial charge on any atom is 0.397 e. The van der Waals surface area contributed by atoms with Crippen LogP contribution >= 0.6 is 0 Å². The summed E-state index contributed by atoms with van der Waals surface area (Å²) in [4.78, 5) is 12.9. The van der Waals surface area contributed by atoms with Crippen molar-refractivity contribution in [1.82, 2.24) is 0 Å². The van der Waals surface area contributed by atoms with Crippen LogP contribution in [0.15, 0.2) is 36.5 Å². The molecule has 0 radical (unpaired) electrons. The first-order chi connectivity index (χ1) is 29.6. The molecule has 6 unspecified atom stereocenters. The van der Waals surface area contributed by atoms with Crippen molar-refractivity contribution in [2.45, 2.75) is 237 Å². The van der Waals surface area contributed by atoms with Crippen LogP contribution in [-0.4, -0.2) is 97.5 Å². The minimum absolute atomic E-state index is 0.0333. The summed E-state index contributed by atoms with van der Waals surface area (Å²) in [6, 6.07) is 0. The van der Waals surface area contributed by atoms with Crippen LogP contribution < -0.4 is 0 Å². The highest BCUT2D eigenvalue weighted by Gasteiger charge is 2.48. The first kappa shape index (κ1) is 57.3. The zero-order valence-corrected chi connectivity index (χ0v) is 39.0. The van der Waals surface area contributed by atoms with Gasteiger partial charge in [0.25, 0.3) is 0 Å². The van der Waals surface area contributed by atoms with Crippen LogP contribution in [0.5, 0.6) is 0 Å². The number of hydrogen-bond acceptors (Lipinski definition) is 11. The summed E-state index contributed by atoms with van der Waals surface area (Å²) in [6.45, 7) is 3.88. The van der Waals surface area contributed by atoms with E-state index in [0.717, 1.165) is 64.2 Å². The van der Waals surface area contributed by atoms with Gasteiger partial charge in [-0.25, -0.2) is 4.18 Å². The zero-order valence-electron chi connectivity index (χ0n) is 38.2. The fourth-order valence-electron chi connectivity index (χ4n) is 7.39. The molecule has 0 saturated carbocycles. The van der Waals surface area contributed by atoms with Crippen molar-refractivity contribution in [2.24, 2.45) is 0 Å². The Morgan fingerprint density at radius 2 is 1.13 bits per heavy atom. The van der Waals surface area contributed by atoms with Gasteiger partial charge in [0.1, 0.15) is 30.5 Å². The van der Waals surface area contributed by atoms with Gasteiger partial charge in [0.05, 0.1) is 19.8 Å². The summed E-state index contributed by atoms with van der Waals surface area (Å²) < 4.78 is 59.2. The van der Waals surface area contributed by atoms with E-state index in [-0.39, 0.29) is 19.6 Å². The second-order valence-corrected chi connectivity index (χ2v) is 17.7. The van der Waals surface area contributed by atoms with Gasteiger partial charge < -0.3 is 34.3 Å². The number of aliphatic hydroxyl groups is 3. The molecule has 0 bridgehead atoms. The van der Waals surface area contributed by atoms with Crippen molar-refractivity contribution < 1.29 is 56.2 Å². The Hall–Kier alpha value is -1.68. The third-order valence-electron chi connectivity index (χ3n) is 11.0. The van der Waals surface area contributed by atoms with Crippen LogP contribution in [0.2, 0.25) is 0 Å². The fraction of sp³-hybridized carbons (Fsp3) is 0.854. The summed E-state index contributed by atoms with van der Waals surface area (Å²) in [7, 11) is -5.06. The SMILES string of the molecule is CC/C=C\C/C=C\C/C=C\CCCCCCCCCCOCC(COC1OC(CO)C(O)C(OS(=O)(=O)O)C1O)OC(=O)CCCCCCCCCCCCCCCCCC. The van der Waals surface area contributed by atoms with Crippen LogP contribution in [0.1, 0.15) is 200 Å². The molecule has 1 saturated heterocycles. The molecule has 1 heterocycles. The molecule has 1 fully saturated rings. The topological polar surface area (TPSA) is 178 Å². The Morgan fingerprint density at radius 3 is 1.66 bits per heavy atom. The molecule has 0 aromatic rings. The number of aliphatic hydroxyl groups excluding tert-OH is 3. The van der Waals surface area contributed by atoms with E-state index in [9.17, 15) is 33.1 Å². The van der Waals surface area contributed by atoms with Crippen molar-refractivity contribution in [3.63, 3.8) is 0 Å². The highest BCUT2D eigenvalue weighted by atomic mass is 32.3. The molecule has 4 N–H and O–H groups in total. The molecule has 13 heteroatoms. The monoisotopic (exact) mass is 889 g/mol. The fourth-order valence-corrected chi connectivity index (χ4v) is 7.90. The second kappa shape index (κ2) is 39.9. The third kappa shape index (κ3) is 33.5. The van der Waals surface area contributed by atoms with Crippen molar-refractivity contribution in [2.75, 3.05) is 26.4 Å². The number of carbonyl (C=O) groups is 1. The van der Waals surface area contributed by atoms with Gasteiger partial charge in [0.15, 0.2) is 6.29 Å². The van der Waals surface area contributed by atoms with Gasteiger partial charge in [-0.2, -0.15) is 8.42 Å². The molecule has 1 rings (SSSR count). The van der Waals surface area contributed by atoms with Crippen LogP contribution in [0.25, 0.3) is 0 Å². The largest absolute Gasteiger partial charge is 0.457 e. The maximum atomic E-state index is 12.9. The van der Waals surface area contributed by atoms with Crippen LogP contribution in [0, 0.1) is 0 Å². The number of allylic oxidation sites excluding steroid dienone is 6. The maximum absolute atomic E-state index is 12.9. The van der Waals surface area contributed by atoms with Crippen LogP contribution in [-0.2, 0) is 38.3 Å². The lowest BCUT2D eigenvalue weighted by molar-refractivity contribution is -0.301. The molecule has 61 heavy (non-hydrogen) atoms. The summed E-state index contributed by atoms with van der Waals surface area (Å²) in [5.41, 5.74) is 0. The number of hydrogen-bond donors (Lipinski definition) is 4. The number of carbonyl (C=O) groups excluding carboxylic acids is 1. The highest BCUT2D eigenvalue weighted by Crippen LogP contribution is 2.26. The first-order valence-electron chi connectivity index (χ1n) is 24.2. The molecule has 0 aromatic carbocycles. The molecule has 0 spiro atoms. The quantitative estimate of drug-likeness (QED) is 0.0198. The third-order valence-corrected chi connectivity index (χ3v) is 11.5. The summed E-state index contributed by atoms with van der Waals surface area (Å²) in [5.74, 6) is -0.400. The highest BCUT2D eigenvalue weighted by molar-refractivity contribution is 7.80. The normalized spacial score (nSPS) is 20.4. The average molecular weight is 889 g/mol. The molecule has 0 aliphatic carbocycles. The van der Waals surface area contributed by atoms with Gasteiger partial charge in [-0.1, -0.05) is 185 Å². The smallest absolute Gasteiger partial charge is 0.397 e. The zero-order chi connectivity index (χ0) is 44.7.